The van der Waals surface area contributed by atoms with Gasteiger partial charge in [-0.2, -0.15) is 0 Å². The summed E-state index contributed by atoms with van der Waals surface area (Å²) < 4.78 is 63.2. The monoisotopic (exact) mass is 509 g/mol. The summed E-state index contributed by atoms with van der Waals surface area (Å²) in [6.07, 6.45) is -4.66. The van der Waals surface area contributed by atoms with Crippen molar-refractivity contribution in [3.8, 4) is 0 Å². The molecule has 0 aromatic heterocycles. The van der Waals surface area contributed by atoms with Gasteiger partial charge in [0.25, 0.3) is 0 Å². The highest BCUT2D eigenvalue weighted by atomic mass is 32.2. The van der Waals surface area contributed by atoms with Crippen LogP contribution in [0.25, 0.3) is 0 Å². The molecule has 1 N–H and O–H groups in total. The van der Waals surface area contributed by atoms with Crippen LogP contribution in [0.15, 0.2) is 54.6 Å². The highest BCUT2D eigenvalue weighted by molar-refractivity contribution is 7.84. The van der Waals surface area contributed by atoms with Crippen molar-refractivity contribution < 1.29 is 46.0 Å². The molecule has 1 heterocycles. The quantitative estimate of drug-likeness (QED) is 0.322. The molecule has 1 fully saturated rings. The highest BCUT2D eigenvalue weighted by Crippen LogP contribution is 2.36. The summed E-state index contributed by atoms with van der Waals surface area (Å²) in [7, 11) is -5.24. The molecule has 35 heavy (non-hydrogen) atoms. The maximum Gasteiger partial charge on any atom is 0.508 e. The van der Waals surface area contributed by atoms with Gasteiger partial charge in [0, 0.05) is 5.69 Å². The minimum Gasteiger partial charge on any atom is -0.731 e. The summed E-state index contributed by atoms with van der Waals surface area (Å²) >= 11 is 0. The van der Waals surface area contributed by atoms with Crippen LogP contribution in [0.1, 0.15) is 19.4 Å². The molecule has 13 heteroatoms. The molecule has 11 nitrogen and oxygen atoms in total. The summed E-state index contributed by atoms with van der Waals surface area (Å²) in [5.74, 6) is -2.93. The molecule has 4 atom stereocenters. The van der Waals surface area contributed by atoms with Crippen molar-refractivity contribution >= 4 is 34.1 Å². The van der Waals surface area contributed by atoms with Crippen molar-refractivity contribution in [3.05, 3.63) is 66.0 Å². The molecule has 188 valence electrons. The summed E-state index contributed by atoms with van der Waals surface area (Å²) in [5.41, 5.74) is 0.878. The number of hydrogen-bond donors (Lipinski definition) is 1. The first-order chi connectivity index (χ1) is 16.5. The Labute approximate surface area is 200 Å². The molecule has 0 unspecified atom stereocenters. The second-order valence-electron chi connectivity index (χ2n) is 7.70. The Hall–Kier alpha value is -3.71. The van der Waals surface area contributed by atoms with Gasteiger partial charge in [0.2, 0.25) is 5.91 Å². The Balaban J connectivity index is 1.65. The fourth-order valence-corrected chi connectivity index (χ4v) is 4.56. The van der Waals surface area contributed by atoms with Gasteiger partial charge in [0.05, 0.1) is 6.04 Å². The zero-order valence-corrected chi connectivity index (χ0v) is 19.4. The van der Waals surface area contributed by atoms with Crippen molar-refractivity contribution in [1.29, 1.82) is 0 Å². The van der Waals surface area contributed by atoms with Crippen LogP contribution >= 0.6 is 0 Å². The van der Waals surface area contributed by atoms with E-state index >= 15 is 0 Å². The molecule has 1 aliphatic rings. The van der Waals surface area contributed by atoms with Crippen LogP contribution in [0.5, 0.6) is 0 Å². The van der Waals surface area contributed by atoms with Crippen molar-refractivity contribution in [2.75, 3.05) is 5.32 Å². The zero-order chi connectivity index (χ0) is 25.8. The van der Waals surface area contributed by atoms with E-state index in [1.165, 1.54) is 26.0 Å². The summed E-state index contributed by atoms with van der Waals surface area (Å²) in [5, 5.41) is 2.31. The van der Waals surface area contributed by atoms with E-state index in [0.29, 0.717) is 5.56 Å². The highest BCUT2D eigenvalue weighted by Gasteiger charge is 2.57. The number of halogens is 1. The lowest BCUT2D eigenvalue weighted by Gasteiger charge is -2.50. The Morgan fingerprint density at radius 1 is 1.06 bits per heavy atom. The van der Waals surface area contributed by atoms with Gasteiger partial charge in [-0.1, -0.05) is 30.3 Å². The number of ether oxygens (including phenoxy) is 3. The predicted octanol–water partition coefficient (Wildman–Crippen LogP) is 2.79. The minimum absolute atomic E-state index is 0.0443. The van der Waals surface area contributed by atoms with E-state index in [-0.39, 0.29) is 16.6 Å². The number of benzene rings is 2. The largest absolute Gasteiger partial charge is 0.731 e. The van der Waals surface area contributed by atoms with Crippen molar-refractivity contribution in [2.24, 2.45) is 5.92 Å². The van der Waals surface area contributed by atoms with Crippen LogP contribution in [0.2, 0.25) is 0 Å². The summed E-state index contributed by atoms with van der Waals surface area (Å²) in [6, 6.07) is 12.0. The molecule has 2 aromatic carbocycles. The third-order valence-corrected chi connectivity index (χ3v) is 6.14. The van der Waals surface area contributed by atoms with Crippen LogP contribution in [0.4, 0.5) is 19.7 Å². The van der Waals surface area contributed by atoms with E-state index in [9.17, 15) is 31.7 Å². The zero-order valence-electron chi connectivity index (χ0n) is 18.6. The summed E-state index contributed by atoms with van der Waals surface area (Å²) in [6.45, 7) is 2.49. The van der Waals surface area contributed by atoms with Gasteiger partial charge in [-0.15, -0.1) is 0 Å². The number of β-lactam (4-membered cyclic amide) rings is 1. The maximum atomic E-state index is 13.0. The van der Waals surface area contributed by atoms with Crippen molar-refractivity contribution in [2.45, 2.75) is 38.7 Å². The van der Waals surface area contributed by atoms with Gasteiger partial charge in [-0.3, -0.25) is 10.1 Å². The number of hydrogen-bond acceptors (Lipinski definition) is 9. The lowest BCUT2D eigenvalue weighted by molar-refractivity contribution is -0.161. The third kappa shape index (κ3) is 6.45. The van der Waals surface area contributed by atoms with Gasteiger partial charge >= 0.3 is 12.2 Å². The smallest absolute Gasteiger partial charge is 0.508 e. The third-order valence-electron chi connectivity index (χ3n) is 5.23. The van der Waals surface area contributed by atoms with E-state index < -0.39 is 58.4 Å². The molecule has 2 aromatic rings. The van der Waals surface area contributed by atoms with Crippen LogP contribution in [0, 0.1) is 11.7 Å². The standard InChI is InChI=1S/C22H23FN2O9S/c1-13(34-22(28)32-12-15-6-4-3-5-7-15)18-19(25(20(18)26)35(29,30)31)14(2)33-21(27)24-17-10-8-16(23)9-11-17/h3-11,13-14,18-19H,12H2,1-2H3,(H,24,27)(H,29,30,31)/p-1/t13-,14+,18-,19-/m1/s1. The first-order valence-electron chi connectivity index (χ1n) is 10.4. The van der Waals surface area contributed by atoms with Crippen LogP contribution < -0.4 is 5.32 Å². The number of anilines is 1. The molecule has 0 spiro atoms. The van der Waals surface area contributed by atoms with Gasteiger partial charge in [-0.05, 0) is 43.7 Å². The first-order valence-corrected chi connectivity index (χ1v) is 11.7. The van der Waals surface area contributed by atoms with Crippen LogP contribution in [-0.2, 0) is 35.9 Å². The van der Waals surface area contributed by atoms with Crippen LogP contribution in [0.3, 0.4) is 0 Å². The molecular weight excluding hydrogens is 487 g/mol. The lowest BCUT2D eigenvalue weighted by Crippen LogP contribution is -2.70. The van der Waals surface area contributed by atoms with E-state index in [4.69, 9.17) is 14.2 Å². The van der Waals surface area contributed by atoms with Gasteiger partial charge in [0.1, 0.15) is 30.5 Å². The number of carbonyl (C=O) groups is 3. The predicted molar refractivity (Wildman–Crippen MR) is 117 cm³/mol. The number of carbonyl (C=O) groups excluding carboxylic acids is 3. The molecule has 1 saturated heterocycles. The number of nitrogens with zero attached hydrogens (tertiary/aromatic N) is 1. The van der Waals surface area contributed by atoms with Crippen molar-refractivity contribution in [1.82, 2.24) is 4.31 Å². The number of rotatable bonds is 8. The van der Waals surface area contributed by atoms with Crippen LogP contribution in [-0.4, -0.2) is 53.7 Å². The minimum atomic E-state index is -5.24. The second-order valence-corrected chi connectivity index (χ2v) is 8.95. The molecule has 0 aliphatic carbocycles. The summed E-state index contributed by atoms with van der Waals surface area (Å²) in [4.78, 5) is 36.7. The molecule has 2 amide bonds. The Bertz CT molecular complexity index is 1180. The number of nitrogens with one attached hydrogen (secondary N) is 1. The van der Waals surface area contributed by atoms with E-state index in [2.05, 4.69) is 5.32 Å². The first kappa shape index (κ1) is 25.9. The van der Waals surface area contributed by atoms with E-state index in [1.54, 1.807) is 30.3 Å². The molecule has 0 bridgehead atoms. The molecule has 1 aliphatic heterocycles. The normalized spacial score (nSPS) is 19.2. The molecule has 3 rings (SSSR count). The molecule has 0 radical (unpaired) electrons. The average Bonchev–Trinajstić information content (AvgIpc) is 2.77. The Morgan fingerprint density at radius 2 is 1.69 bits per heavy atom. The van der Waals surface area contributed by atoms with Crippen molar-refractivity contribution in [3.63, 3.8) is 0 Å². The second kappa shape index (κ2) is 10.7. The van der Waals surface area contributed by atoms with Gasteiger partial charge in [0.15, 0.2) is 10.3 Å². The molecule has 0 saturated carbocycles. The van der Waals surface area contributed by atoms with E-state index in [0.717, 1.165) is 12.1 Å². The Morgan fingerprint density at radius 3 is 2.29 bits per heavy atom. The number of amides is 2. The van der Waals surface area contributed by atoms with E-state index in [1.807, 2.05) is 0 Å². The molecular formula is C22H22FN2O9S-. The maximum absolute atomic E-state index is 13.0. The van der Waals surface area contributed by atoms with Gasteiger partial charge in [-0.25, -0.2) is 26.7 Å². The topological polar surface area (TPSA) is 151 Å². The fraction of sp³-hybridized carbons (Fsp3) is 0.318. The average molecular weight is 509 g/mol. The van der Waals surface area contributed by atoms with Gasteiger partial charge < -0.3 is 18.8 Å². The Kier molecular flexibility index (Phi) is 7.92. The fourth-order valence-electron chi connectivity index (χ4n) is 3.62. The SMILES string of the molecule is C[C@H](OC(=O)Nc1ccc(F)cc1)[C@@H]1[C@@H]([C@@H](C)OC(=O)OCc2ccccc2)C(=O)N1S(=O)(=O)[O-]. The lowest BCUT2D eigenvalue weighted by atomic mass is 9.83.